The number of carbonyl (C=O) groups is 1. The SMILES string of the molecule is COC(C)(C)CC(=O)Nc1cnc(Cl)c(C)c1. The predicted octanol–water partition coefficient (Wildman–Crippen LogP) is 2.80. The average molecular weight is 257 g/mol. The van der Waals surface area contributed by atoms with E-state index >= 15 is 0 Å². The number of aromatic nitrogens is 1. The van der Waals surface area contributed by atoms with Crippen molar-refractivity contribution in [3.8, 4) is 0 Å². The van der Waals surface area contributed by atoms with Crippen LogP contribution in [0.5, 0.6) is 0 Å². The van der Waals surface area contributed by atoms with Crippen molar-refractivity contribution in [3.05, 3.63) is 23.0 Å². The van der Waals surface area contributed by atoms with Crippen molar-refractivity contribution in [1.82, 2.24) is 4.98 Å². The molecule has 1 rings (SSSR count). The first-order valence-corrected chi connectivity index (χ1v) is 5.69. The fourth-order valence-corrected chi connectivity index (χ4v) is 1.39. The molecular weight excluding hydrogens is 240 g/mol. The van der Waals surface area contributed by atoms with Gasteiger partial charge in [0.05, 0.1) is 23.9 Å². The maximum Gasteiger partial charge on any atom is 0.227 e. The molecule has 4 nitrogen and oxygen atoms in total. The number of hydrogen-bond donors (Lipinski definition) is 1. The molecule has 1 aromatic heterocycles. The van der Waals surface area contributed by atoms with E-state index in [9.17, 15) is 4.79 Å². The van der Waals surface area contributed by atoms with Crippen molar-refractivity contribution >= 4 is 23.2 Å². The third-order valence-electron chi connectivity index (χ3n) is 2.44. The minimum Gasteiger partial charge on any atom is -0.378 e. The number of ether oxygens (including phenoxy) is 1. The largest absolute Gasteiger partial charge is 0.378 e. The van der Waals surface area contributed by atoms with Crippen LogP contribution in [-0.2, 0) is 9.53 Å². The number of pyridine rings is 1. The van der Waals surface area contributed by atoms with Gasteiger partial charge in [0.15, 0.2) is 0 Å². The molecule has 0 radical (unpaired) electrons. The molecule has 1 heterocycles. The summed E-state index contributed by atoms with van der Waals surface area (Å²) in [5, 5.41) is 3.20. The van der Waals surface area contributed by atoms with Crippen LogP contribution in [0, 0.1) is 6.92 Å². The van der Waals surface area contributed by atoms with Gasteiger partial charge in [-0.3, -0.25) is 4.79 Å². The van der Waals surface area contributed by atoms with Crippen LogP contribution < -0.4 is 5.32 Å². The summed E-state index contributed by atoms with van der Waals surface area (Å²) < 4.78 is 5.19. The van der Waals surface area contributed by atoms with E-state index in [1.807, 2.05) is 20.8 Å². The van der Waals surface area contributed by atoms with Gasteiger partial charge in [0.1, 0.15) is 5.15 Å². The molecule has 1 N–H and O–H groups in total. The molecule has 0 spiro atoms. The third kappa shape index (κ3) is 4.32. The van der Waals surface area contributed by atoms with Gasteiger partial charge < -0.3 is 10.1 Å². The lowest BCUT2D eigenvalue weighted by Gasteiger charge is -2.21. The standard InChI is InChI=1S/C12H17ClN2O2/c1-8-5-9(7-14-11(8)13)15-10(16)6-12(2,3)17-4/h5,7H,6H2,1-4H3,(H,15,16). The lowest BCUT2D eigenvalue weighted by atomic mass is 10.0. The zero-order valence-corrected chi connectivity index (χ0v) is 11.3. The average Bonchev–Trinajstić information content (AvgIpc) is 2.23. The molecule has 94 valence electrons. The Bertz CT molecular complexity index is 419. The van der Waals surface area contributed by atoms with Crippen molar-refractivity contribution in [2.75, 3.05) is 12.4 Å². The highest BCUT2D eigenvalue weighted by Crippen LogP contribution is 2.18. The van der Waals surface area contributed by atoms with Gasteiger partial charge in [-0.1, -0.05) is 11.6 Å². The van der Waals surface area contributed by atoms with E-state index in [-0.39, 0.29) is 12.3 Å². The van der Waals surface area contributed by atoms with Gasteiger partial charge >= 0.3 is 0 Å². The third-order valence-corrected chi connectivity index (χ3v) is 2.83. The number of rotatable bonds is 4. The Morgan fingerprint density at radius 3 is 2.76 bits per heavy atom. The Morgan fingerprint density at radius 1 is 1.59 bits per heavy atom. The van der Waals surface area contributed by atoms with Crippen LogP contribution in [0.1, 0.15) is 25.8 Å². The molecule has 0 saturated carbocycles. The van der Waals surface area contributed by atoms with Gasteiger partial charge in [-0.05, 0) is 32.4 Å². The summed E-state index contributed by atoms with van der Waals surface area (Å²) >= 11 is 5.80. The van der Waals surface area contributed by atoms with Gasteiger partial charge in [0, 0.05) is 7.11 Å². The summed E-state index contributed by atoms with van der Waals surface area (Å²) in [6, 6.07) is 1.78. The second kappa shape index (κ2) is 5.47. The fraction of sp³-hybridized carbons (Fsp3) is 0.500. The van der Waals surface area contributed by atoms with Crippen molar-refractivity contribution < 1.29 is 9.53 Å². The van der Waals surface area contributed by atoms with E-state index < -0.39 is 5.60 Å². The van der Waals surface area contributed by atoms with Crippen LogP contribution in [0.15, 0.2) is 12.3 Å². The number of nitrogens with one attached hydrogen (secondary N) is 1. The van der Waals surface area contributed by atoms with E-state index in [1.165, 1.54) is 6.20 Å². The topological polar surface area (TPSA) is 51.2 Å². The molecule has 0 unspecified atom stereocenters. The number of nitrogens with zero attached hydrogens (tertiary/aromatic N) is 1. The second-order valence-electron chi connectivity index (χ2n) is 4.52. The Balaban J connectivity index is 2.65. The Labute approximate surface area is 106 Å². The summed E-state index contributed by atoms with van der Waals surface area (Å²) in [6.07, 6.45) is 1.82. The van der Waals surface area contributed by atoms with Gasteiger partial charge in [0.25, 0.3) is 0 Å². The zero-order chi connectivity index (χ0) is 13.1. The number of hydrogen-bond acceptors (Lipinski definition) is 3. The maximum absolute atomic E-state index is 11.7. The van der Waals surface area contributed by atoms with Crippen molar-refractivity contribution in [2.45, 2.75) is 32.8 Å². The molecule has 0 saturated heterocycles. The van der Waals surface area contributed by atoms with E-state index in [4.69, 9.17) is 16.3 Å². The Kier molecular flexibility index (Phi) is 4.48. The van der Waals surface area contributed by atoms with Crippen LogP contribution in [0.25, 0.3) is 0 Å². The monoisotopic (exact) mass is 256 g/mol. The Hall–Kier alpha value is -1.13. The normalized spacial score (nSPS) is 11.4. The minimum absolute atomic E-state index is 0.111. The molecule has 0 fully saturated rings. The predicted molar refractivity (Wildman–Crippen MR) is 68.3 cm³/mol. The lowest BCUT2D eigenvalue weighted by Crippen LogP contribution is -2.29. The molecule has 0 aromatic carbocycles. The molecule has 0 aliphatic carbocycles. The summed E-state index contributed by atoms with van der Waals surface area (Å²) in [5.74, 6) is -0.111. The van der Waals surface area contributed by atoms with Crippen LogP contribution in [0.3, 0.4) is 0 Å². The Morgan fingerprint density at radius 2 is 2.24 bits per heavy atom. The molecule has 0 aliphatic heterocycles. The first-order chi connectivity index (χ1) is 7.84. The number of halogens is 1. The number of carbonyl (C=O) groups excluding carboxylic acids is 1. The molecule has 5 heteroatoms. The second-order valence-corrected chi connectivity index (χ2v) is 4.88. The summed E-state index contributed by atoms with van der Waals surface area (Å²) in [7, 11) is 1.58. The smallest absolute Gasteiger partial charge is 0.227 e. The van der Waals surface area contributed by atoms with E-state index in [0.29, 0.717) is 10.8 Å². The summed E-state index contributed by atoms with van der Waals surface area (Å²) in [5.41, 5.74) is 0.998. The maximum atomic E-state index is 11.7. The number of amides is 1. The van der Waals surface area contributed by atoms with E-state index in [2.05, 4.69) is 10.3 Å². The molecule has 0 aliphatic rings. The zero-order valence-electron chi connectivity index (χ0n) is 10.5. The summed E-state index contributed by atoms with van der Waals surface area (Å²) in [4.78, 5) is 15.7. The number of anilines is 1. The van der Waals surface area contributed by atoms with Crippen molar-refractivity contribution in [2.24, 2.45) is 0 Å². The molecule has 1 amide bonds. The van der Waals surface area contributed by atoms with Gasteiger partial charge in [0.2, 0.25) is 5.91 Å². The molecule has 1 aromatic rings. The van der Waals surface area contributed by atoms with Crippen molar-refractivity contribution in [3.63, 3.8) is 0 Å². The molecule has 17 heavy (non-hydrogen) atoms. The number of aryl methyl sites for hydroxylation is 1. The quantitative estimate of drug-likeness (QED) is 0.843. The fourth-order valence-electron chi connectivity index (χ4n) is 1.29. The summed E-state index contributed by atoms with van der Waals surface area (Å²) in [6.45, 7) is 5.56. The van der Waals surface area contributed by atoms with Crippen LogP contribution in [-0.4, -0.2) is 23.6 Å². The lowest BCUT2D eigenvalue weighted by molar-refractivity contribution is -0.121. The minimum atomic E-state index is -0.473. The highest BCUT2D eigenvalue weighted by Gasteiger charge is 2.21. The van der Waals surface area contributed by atoms with Gasteiger partial charge in [-0.15, -0.1) is 0 Å². The van der Waals surface area contributed by atoms with E-state index in [0.717, 1.165) is 5.56 Å². The molecule has 0 atom stereocenters. The highest BCUT2D eigenvalue weighted by atomic mass is 35.5. The first kappa shape index (κ1) is 13.9. The molecular formula is C12H17ClN2O2. The van der Waals surface area contributed by atoms with Crippen LogP contribution >= 0.6 is 11.6 Å². The van der Waals surface area contributed by atoms with Crippen molar-refractivity contribution in [1.29, 1.82) is 0 Å². The van der Waals surface area contributed by atoms with Gasteiger partial charge in [-0.2, -0.15) is 0 Å². The molecule has 0 bridgehead atoms. The number of methoxy groups -OCH3 is 1. The van der Waals surface area contributed by atoms with Crippen LogP contribution in [0.2, 0.25) is 5.15 Å². The highest BCUT2D eigenvalue weighted by molar-refractivity contribution is 6.30. The van der Waals surface area contributed by atoms with Crippen LogP contribution in [0.4, 0.5) is 5.69 Å². The van der Waals surface area contributed by atoms with Gasteiger partial charge in [-0.25, -0.2) is 4.98 Å². The van der Waals surface area contributed by atoms with E-state index in [1.54, 1.807) is 13.2 Å². The first-order valence-electron chi connectivity index (χ1n) is 5.31.